The molecule has 1 fully saturated rings. The number of hydrogen-bond acceptors (Lipinski definition) is 5. The second-order valence-electron chi connectivity index (χ2n) is 7.62. The number of imidazole rings is 1. The summed E-state index contributed by atoms with van der Waals surface area (Å²) in [6.45, 7) is 1.56. The van der Waals surface area contributed by atoms with Crippen LogP contribution in [0.2, 0.25) is 0 Å². The molecule has 140 valence electrons. The first-order valence-electron chi connectivity index (χ1n) is 9.01. The number of methoxy groups -OCH3 is 1. The van der Waals surface area contributed by atoms with Crippen LogP contribution in [0.4, 0.5) is 5.95 Å². The van der Waals surface area contributed by atoms with E-state index in [1.807, 2.05) is 13.1 Å². The minimum Gasteiger partial charge on any atom is -0.497 e. The SMILES string of the molecule is COc1ccc2c(c1)C1(CC1)CN(c1nc3c(c(=O)[nH]c(=O)n3C)n1C)C2. The maximum Gasteiger partial charge on any atom is 0.329 e. The van der Waals surface area contributed by atoms with Crippen LogP contribution in [0, 0.1) is 0 Å². The van der Waals surface area contributed by atoms with Crippen LogP contribution in [0.5, 0.6) is 5.75 Å². The molecule has 0 radical (unpaired) electrons. The van der Waals surface area contributed by atoms with Gasteiger partial charge < -0.3 is 14.2 Å². The third-order valence-electron chi connectivity index (χ3n) is 5.99. The van der Waals surface area contributed by atoms with Crippen molar-refractivity contribution in [2.45, 2.75) is 24.8 Å². The molecule has 0 unspecified atom stereocenters. The molecule has 0 atom stereocenters. The molecule has 0 bridgehead atoms. The maximum absolute atomic E-state index is 12.3. The Morgan fingerprint density at radius 1 is 1.19 bits per heavy atom. The fourth-order valence-electron chi connectivity index (χ4n) is 4.33. The zero-order valence-electron chi connectivity index (χ0n) is 15.6. The Bertz CT molecular complexity index is 1200. The fourth-order valence-corrected chi connectivity index (χ4v) is 4.33. The molecule has 1 aliphatic carbocycles. The number of hydrogen-bond donors (Lipinski definition) is 1. The number of fused-ring (bicyclic) bond motifs is 3. The van der Waals surface area contributed by atoms with Gasteiger partial charge >= 0.3 is 5.69 Å². The van der Waals surface area contributed by atoms with Crippen molar-refractivity contribution in [3.05, 3.63) is 50.2 Å². The number of aromatic nitrogens is 4. The van der Waals surface area contributed by atoms with E-state index in [4.69, 9.17) is 4.74 Å². The smallest absolute Gasteiger partial charge is 0.329 e. The number of benzene rings is 1. The van der Waals surface area contributed by atoms with Crippen LogP contribution < -0.4 is 20.9 Å². The summed E-state index contributed by atoms with van der Waals surface area (Å²) in [5, 5.41) is 0. The van der Waals surface area contributed by atoms with Gasteiger partial charge in [0.1, 0.15) is 5.75 Å². The van der Waals surface area contributed by atoms with E-state index in [0.29, 0.717) is 23.7 Å². The van der Waals surface area contributed by atoms with E-state index in [-0.39, 0.29) is 5.41 Å². The molecule has 0 amide bonds. The van der Waals surface area contributed by atoms with Gasteiger partial charge in [-0.15, -0.1) is 0 Å². The molecule has 1 saturated carbocycles. The molecule has 5 rings (SSSR count). The van der Waals surface area contributed by atoms with Crippen molar-refractivity contribution in [2.75, 3.05) is 18.6 Å². The monoisotopic (exact) mass is 367 g/mol. The van der Waals surface area contributed by atoms with Crippen LogP contribution in [0.1, 0.15) is 24.0 Å². The van der Waals surface area contributed by atoms with E-state index in [2.05, 4.69) is 27.0 Å². The van der Waals surface area contributed by atoms with Crippen LogP contribution >= 0.6 is 0 Å². The van der Waals surface area contributed by atoms with E-state index in [9.17, 15) is 9.59 Å². The van der Waals surface area contributed by atoms with Crippen molar-refractivity contribution < 1.29 is 4.74 Å². The van der Waals surface area contributed by atoms with E-state index >= 15 is 0 Å². The predicted octanol–water partition coefficient (Wildman–Crippen LogP) is 1.02. The highest BCUT2D eigenvalue weighted by atomic mass is 16.5. The molecule has 2 aromatic heterocycles. The first kappa shape index (κ1) is 16.2. The van der Waals surface area contributed by atoms with Gasteiger partial charge in [0.25, 0.3) is 5.56 Å². The number of anilines is 1. The van der Waals surface area contributed by atoms with Crippen LogP contribution in [0.25, 0.3) is 11.2 Å². The number of aryl methyl sites for hydroxylation is 2. The van der Waals surface area contributed by atoms with Crippen molar-refractivity contribution in [1.82, 2.24) is 19.1 Å². The van der Waals surface area contributed by atoms with Gasteiger partial charge in [-0.1, -0.05) is 6.07 Å². The predicted molar refractivity (Wildman–Crippen MR) is 102 cm³/mol. The zero-order chi connectivity index (χ0) is 18.9. The highest BCUT2D eigenvalue weighted by Gasteiger charge is 2.50. The Labute approximate surface area is 155 Å². The summed E-state index contributed by atoms with van der Waals surface area (Å²) in [7, 11) is 5.14. The average Bonchev–Trinajstić information content (AvgIpc) is 3.33. The van der Waals surface area contributed by atoms with E-state index in [1.54, 1.807) is 18.7 Å². The average molecular weight is 367 g/mol. The molecule has 1 N–H and O–H groups in total. The lowest BCUT2D eigenvalue weighted by Gasteiger charge is -2.35. The van der Waals surface area contributed by atoms with E-state index < -0.39 is 11.2 Å². The Morgan fingerprint density at radius 2 is 1.96 bits per heavy atom. The fraction of sp³-hybridized carbons (Fsp3) is 0.421. The lowest BCUT2D eigenvalue weighted by Crippen LogP contribution is -2.39. The summed E-state index contributed by atoms with van der Waals surface area (Å²) in [6, 6.07) is 6.26. The normalized spacial score (nSPS) is 17.4. The molecule has 8 nitrogen and oxygen atoms in total. The van der Waals surface area contributed by atoms with Gasteiger partial charge in [0.2, 0.25) is 5.95 Å². The molecule has 27 heavy (non-hydrogen) atoms. The number of rotatable bonds is 2. The zero-order valence-corrected chi connectivity index (χ0v) is 15.6. The third-order valence-corrected chi connectivity index (χ3v) is 5.99. The van der Waals surface area contributed by atoms with Gasteiger partial charge in [-0.05, 0) is 36.1 Å². The summed E-state index contributed by atoms with van der Waals surface area (Å²) in [5.74, 6) is 1.60. The van der Waals surface area contributed by atoms with Gasteiger partial charge in [0.05, 0.1) is 7.11 Å². The van der Waals surface area contributed by atoms with Crippen molar-refractivity contribution in [3.63, 3.8) is 0 Å². The lowest BCUT2D eigenvalue weighted by molar-refractivity contribution is 0.412. The summed E-state index contributed by atoms with van der Waals surface area (Å²) < 4.78 is 8.58. The number of nitrogens with zero attached hydrogens (tertiary/aromatic N) is 4. The molecule has 0 saturated heterocycles. The first-order chi connectivity index (χ1) is 12.9. The summed E-state index contributed by atoms with van der Waals surface area (Å²) in [4.78, 5) is 33.5. The molecule has 1 aliphatic heterocycles. The van der Waals surface area contributed by atoms with E-state index in [0.717, 1.165) is 25.1 Å². The maximum atomic E-state index is 12.3. The van der Waals surface area contributed by atoms with Gasteiger partial charge in [0.15, 0.2) is 11.2 Å². The number of aromatic amines is 1. The lowest BCUT2D eigenvalue weighted by atomic mass is 9.87. The van der Waals surface area contributed by atoms with E-state index in [1.165, 1.54) is 15.7 Å². The molecular weight excluding hydrogens is 346 g/mol. The van der Waals surface area contributed by atoms with Crippen molar-refractivity contribution in [1.29, 1.82) is 0 Å². The second kappa shape index (κ2) is 5.25. The van der Waals surface area contributed by atoms with Gasteiger partial charge in [-0.3, -0.25) is 14.3 Å². The minimum absolute atomic E-state index is 0.124. The Balaban J connectivity index is 1.65. The molecule has 3 heterocycles. The second-order valence-corrected chi connectivity index (χ2v) is 7.62. The topological polar surface area (TPSA) is 85.2 Å². The van der Waals surface area contributed by atoms with Crippen molar-refractivity contribution in [3.8, 4) is 5.75 Å². The van der Waals surface area contributed by atoms with Crippen LogP contribution in [0.3, 0.4) is 0 Å². The first-order valence-corrected chi connectivity index (χ1v) is 9.01. The van der Waals surface area contributed by atoms with Gasteiger partial charge in [0, 0.05) is 32.6 Å². The standard InChI is InChI=1S/C19H21N5O3/c1-22-14-15(23(2)18(26)21-16(14)25)20-17(22)24-9-11-4-5-12(27-3)8-13(11)19(10-24)6-7-19/h4-5,8H,6-7,9-10H2,1-3H3,(H,21,25,26). The Morgan fingerprint density at radius 3 is 2.67 bits per heavy atom. The van der Waals surface area contributed by atoms with Crippen LogP contribution in [0.15, 0.2) is 27.8 Å². The summed E-state index contributed by atoms with van der Waals surface area (Å²) >= 11 is 0. The highest BCUT2D eigenvalue weighted by molar-refractivity contribution is 5.74. The molecule has 3 aromatic rings. The molecular formula is C19H21N5O3. The summed E-state index contributed by atoms with van der Waals surface area (Å²) in [6.07, 6.45) is 2.26. The van der Waals surface area contributed by atoms with Crippen molar-refractivity contribution >= 4 is 17.1 Å². The van der Waals surface area contributed by atoms with Gasteiger partial charge in [-0.25, -0.2) is 4.79 Å². The Hall–Kier alpha value is -3.03. The third kappa shape index (κ3) is 2.19. The molecule has 1 spiro atoms. The Kier molecular flexibility index (Phi) is 3.14. The van der Waals surface area contributed by atoms with Gasteiger partial charge in [-0.2, -0.15) is 4.98 Å². The largest absolute Gasteiger partial charge is 0.497 e. The minimum atomic E-state index is -0.452. The number of H-pyrrole nitrogens is 1. The molecule has 8 heteroatoms. The van der Waals surface area contributed by atoms with Crippen LogP contribution in [-0.4, -0.2) is 32.8 Å². The number of ether oxygens (including phenoxy) is 1. The molecule has 2 aliphatic rings. The van der Waals surface area contributed by atoms with Crippen molar-refractivity contribution in [2.24, 2.45) is 14.1 Å². The van der Waals surface area contributed by atoms with Crippen LogP contribution in [-0.2, 0) is 26.1 Å². The molecule has 1 aromatic carbocycles. The summed E-state index contributed by atoms with van der Waals surface area (Å²) in [5.41, 5.74) is 2.71. The highest BCUT2D eigenvalue weighted by Crippen LogP contribution is 2.53. The quantitative estimate of drug-likeness (QED) is 0.731. The number of nitrogens with one attached hydrogen (secondary N) is 1.